The van der Waals surface area contributed by atoms with Gasteiger partial charge in [0.05, 0.1) is 6.42 Å². The Bertz CT molecular complexity index is 314. The zero-order valence-electron chi connectivity index (χ0n) is 8.47. The number of carboxylic acids is 1. The Morgan fingerprint density at radius 2 is 1.80 bits per heavy atom. The topological polar surface area (TPSA) is 89.3 Å². The van der Waals surface area contributed by atoms with E-state index in [1.807, 2.05) is 30.3 Å². The number of nitrogens with two attached hydrogens (primary N) is 2. The zero-order chi connectivity index (χ0) is 11.3. The van der Waals surface area contributed by atoms with Gasteiger partial charge in [-0.2, -0.15) is 0 Å². The van der Waals surface area contributed by atoms with Crippen molar-refractivity contribution in [3.05, 3.63) is 35.9 Å². The molecule has 0 aliphatic rings. The molecule has 0 aliphatic carbocycles. The van der Waals surface area contributed by atoms with Gasteiger partial charge in [-0.15, -0.1) is 0 Å². The maximum absolute atomic E-state index is 10.4. The van der Waals surface area contributed by atoms with Crippen LogP contribution in [-0.2, 0) is 11.2 Å². The van der Waals surface area contributed by atoms with E-state index in [4.69, 9.17) is 16.6 Å². The van der Waals surface area contributed by atoms with Gasteiger partial charge >= 0.3 is 5.97 Å². The summed E-state index contributed by atoms with van der Waals surface area (Å²) in [6, 6.07) is 8.86. The summed E-state index contributed by atoms with van der Waals surface area (Å²) in [5.74, 6) is -0.911. The van der Waals surface area contributed by atoms with Crippen LogP contribution in [-0.4, -0.2) is 23.2 Å². The molecule has 0 heterocycles. The van der Waals surface area contributed by atoms with Crippen LogP contribution in [0.15, 0.2) is 30.3 Å². The minimum absolute atomic E-state index is 0.0893. The van der Waals surface area contributed by atoms with Gasteiger partial charge in [0.15, 0.2) is 0 Å². The van der Waals surface area contributed by atoms with Gasteiger partial charge in [0, 0.05) is 12.1 Å². The lowest BCUT2D eigenvalue weighted by Crippen LogP contribution is -2.44. The Labute approximate surface area is 88.9 Å². The second-order valence-corrected chi connectivity index (χ2v) is 3.62. The Hall–Kier alpha value is -1.39. The molecule has 0 amide bonds. The molecule has 0 bridgehead atoms. The first-order valence-electron chi connectivity index (χ1n) is 4.86. The normalized spacial score (nSPS) is 14.5. The molecule has 0 saturated heterocycles. The Kier molecular flexibility index (Phi) is 4.27. The number of aliphatic carboxylic acids is 1. The molecule has 1 aromatic rings. The molecular weight excluding hydrogens is 192 g/mol. The van der Waals surface area contributed by atoms with E-state index in [1.54, 1.807) is 0 Å². The Morgan fingerprint density at radius 3 is 2.33 bits per heavy atom. The third-order valence-electron chi connectivity index (χ3n) is 2.27. The van der Waals surface area contributed by atoms with Crippen molar-refractivity contribution in [1.29, 1.82) is 0 Å². The van der Waals surface area contributed by atoms with Crippen LogP contribution < -0.4 is 11.5 Å². The fourth-order valence-corrected chi connectivity index (χ4v) is 1.39. The second-order valence-electron chi connectivity index (χ2n) is 3.62. The van der Waals surface area contributed by atoms with E-state index >= 15 is 0 Å². The van der Waals surface area contributed by atoms with E-state index in [9.17, 15) is 4.79 Å². The lowest BCUT2D eigenvalue weighted by atomic mass is 9.99. The maximum atomic E-state index is 10.4. The molecule has 4 nitrogen and oxygen atoms in total. The summed E-state index contributed by atoms with van der Waals surface area (Å²) in [7, 11) is 0. The molecule has 0 aromatic heterocycles. The van der Waals surface area contributed by atoms with Crippen molar-refractivity contribution in [3.8, 4) is 0 Å². The molecule has 5 N–H and O–H groups in total. The summed E-state index contributed by atoms with van der Waals surface area (Å²) in [6.07, 6.45) is 0.517. The van der Waals surface area contributed by atoms with Crippen molar-refractivity contribution in [3.63, 3.8) is 0 Å². The van der Waals surface area contributed by atoms with Crippen LogP contribution in [0.3, 0.4) is 0 Å². The third-order valence-corrected chi connectivity index (χ3v) is 2.27. The lowest BCUT2D eigenvalue weighted by molar-refractivity contribution is -0.137. The van der Waals surface area contributed by atoms with Gasteiger partial charge in [0.25, 0.3) is 0 Å². The SMILES string of the molecule is N[C@@H](CC(=O)O)[C@@H](N)Cc1ccccc1. The fraction of sp³-hybridized carbons (Fsp3) is 0.364. The third kappa shape index (κ3) is 4.10. The molecule has 0 radical (unpaired) electrons. The number of carbonyl (C=O) groups is 1. The summed E-state index contributed by atoms with van der Waals surface area (Å²) >= 11 is 0. The van der Waals surface area contributed by atoms with Crippen LogP contribution in [0.5, 0.6) is 0 Å². The van der Waals surface area contributed by atoms with Crippen LogP contribution in [0.25, 0.3) is 0 Å². The van der Waals surface area contributed by atoms with E-state index in [0.717, 1.165) is 5.56 Å². The highest BCUT2D eigenvalue weighted by molar-refractivity contribution is 5.67. The summed E-state index contributed by atoms with van der Waals surface area (Å²) in [6.45, 7) is 0. The predicted octanol–water partition coefficient (Wildman–Crippen LogP) is 0.358. The van der Waals surface area contributed by atoms with E-state index in [2.05, 4.69) is 0 Å². The minimum Gasteiger partial charge on any atom is -0.481 e. The first kappa shape index (κ1) is 11.7. The van der Waals surface area contributed by atoms with Crippen molar-refractivity contribution >= 4 is 5.97 Å². The summed E-state index contributed by atoms with van der Waals surface area (Å²) < 4.78 is 0. The van der Waals surface area contributed by atoms with Crippen LogP contribution >= 0.6 is 0 Å². The van der Waals surface area contributed by atoms with Crippen molar-refractivity contribution < 1.29 is 9.90 Å². The molecule has 1 aromatic carbocycles. The number of rotatable bonds is 5. The number of carboxylic acid groups (broad SMARTS) is 1. The van der Waals surface area contributed by atoms with E-state index in [1.165, 1.54) is 0 Å². The quantitative estimate of drug-likeness (QED) is 0.651. The number of hydrogen-bond acceptors (Lipinski definition) is 3. The summed E-state index contributed by atoms with van der Waals surface area (Å²) in [4.78, 5) is 10.4. The molecule has 15 heavy (non-hydrogen) atoms. The average Bonchev–Trinajstić information content (AvgIpc) is 2.18. The monoisotopic (exact) mass is 208 g/mol. The van der Waals surface area contributed by atoms with Gasteiger partial charge in [-0.1, -0.05) is 30.3 Å². The van der Waals surface area contributed by atoms with Gasteiger partial charge in [-0.25, -0.2) is 0 Å². The van der Waals surface area contributed by atoms with Crippen LogP contribution in [0.4, 0.5) is 0 Å². The highest BCUT2D eigenvalue weighted by atomic mass is 16.4. The molecule has 0 aliphatic heterocycles. The van der Waals surface area contributed by atoms with Crippen molar-refractivity contribution in [2.24, 2.45) is 11.5 Å². The molecule has 0 unspecified atom stereocenters. The fourth-order valence-electron chi connectivity index (χ4n) is 1.39. The predicted molar refractivity (Wildman–Crippen MR) is 58.3 cm³/mol. The van der Waals surface area contributed by atoms with Gasteiger partial charge in [-0.3, -0.25) is 4.79 Å². The highest BCUT2D eigenvalue weighted by Crippen LogP contribution is 2.05. The Balaban J connectivity index is 2.48. The van der Waals surface area contributed by atoms with E-state index in [-0.39, 0.29) is 12.5 Å². The van der Waals surface area contributed by atoms with E-state index in [0.29, 0.717) is 6.42 Å². The lowest BCUT2D eigenvalue weighted by Gasteiger charge is -2.17. The van der Waals surface area contributed by atoms with Crippen molar-refractivity contribution in [2.45, 2.75) is 24.9 Å². The molecule has 0 spiro atoms. The zero-order valence-corrected chi connectivity index (χ0v) is 8.47. The van der Waals surface area contributed by atoms with E-state index < -0.39 is 12.0 Å². The largest absolute Gasteiger partial charge is 0.481 e. The van der Waals surface area contributed by atoms with Gasteiger partial charge in [0.1, 0.15) is 0 Å². The molecule has 2 atom stereocenters. The number of hydrogen-bond donors (Lipinski definition) is 3. The van der Waals surface area contributed by atoms with Gasteiger partial charge in [0.2, 0.25) is 0 Å². The van der Waals surface area contributed by atoms with Crippen molar-refractivity contribution in [1.82, 2.24) is 0 Å². The first-order chi connectivity index (χ1) is 7.09. The molecule has 1 rings (SSSR count). The smallest absolute Gasteiger partial charge is 0.304 e. The standard InChI is InChI=1S/C11H16N2O2/c12-9(10(13)7-11(14)15)6-8-4-2-1-3-5-8/h1-5,9-10H,6-7,12-13H2,(H,14,15)/t9-,10-/m0/s1. The molecule has 82 valence electrons. The minimum atomic E-state index is -0.911. The molecular formula is C11H16N2O2. The summed E-state index contributed by atoms with van der Waals surface area (Å²) in [5.41, 5.74) is 12.5. The van der Waals surface area contributed by atoms with Crippen LogP contribution in [0, 0.1) is 0 Å². The average molecular weight is 208 g/mol. The van der Waals surface area contributed by atoms with Crippen LogP contribution in [0.1, 0.15) is 12.0 Å². The first-order valence-corrected chi connectivity index (χ1v) is 4.86. The second kappa shape index (κ2) is 5.48. The van der Waals surface area contributed by atoms with Crippen molar-refractivity contribution in [2.75, 3.05) is 0 Å². The molecule has 4 heteroatoms. The molecule has 0 fully saturated rings. The van der Waals surface area contributed by atoms with Crippen LogP contribution in [0.2, 0.25) is 0 Å². The summed E-state index contributed by atoms with van der Waals surface area (Å²) in [5, 5.41) is 8.56. The number of benzene rings is 1. The molecule has 0 saturated carbocycles. The highest BCUT2D eigenvalue weighted by Gasteiger charge is 2.16. The van der Waals surface area contributed by atoms with Gasteiger partial charge < -0.3 is 16.6 Å². The maximum Gasteiger partial charge on any atom is 0.304 e. The Morgan fingerprint density at radius 1 is 1.20 bits per heavy atom. The van der Waals surface area contributed by atoms with Gasteiger partial charge in [-0.05, 0) is 12.0 Å².